The summed E-state index contributed by atoms with van der Waals surface area (Å²) in [6, 6.07) is 15.2. The minimum absolute atomic E-state index is 0.112. The summed E-state index contributed by atoms with van der Waals surface area (Å²) >= 11 is 0. The van der Waals surface area contributed by atoms with E-state index < -0.39 is 9.84 Å². The molecule has 1 heterocycles. The summed E-state index contributed by atoms with van der Waals surface area (Å²) in [5.74, 6) is 0. The van der Waals surface area contributed by atoms with Crippen LogP contribution in [0.1, 0.15) is 30.5 Å². The molecule has 3 rings (SSSR count). The van der Waals surface area contributed by atoms with Gasteiger partial charge in [0.1, 0.15) is 0 Å². The van der Waals surface area contributed by atoms with Crippen LogP contribution in [0.25, 0.3) is 0 Å². The zero-order valence-electron chi connectivity index (χ0n) is 13.8. The van der Waals surface area contributed by atoms with Crippen molar-refractivity contribution in [2.24, 2.45) is 10.8 Å². The number of anilines is 1. The molecule has 0 saturated heterocycles. The van der Waals surface area contributed by atoms with Crippen LogP contribution in [0.15, 0.2) is 58.5 Å². The Balaban J connectivity index is 1.92. The number of rotatable bonds is 4. The van der Waals surface area contributed by atoms with E-state index in [4.69, 9.17) is 5.73 Å². The molecule has 1 atom stereocenters. The molecule has 1 aliphatic heterocycles. The molecular weight excluding hydrogens is 322 g/mol. The summed E-state index contributed by atoms with van der Waals surface area (Å²) in [6.45, 7) is 2.53. The number of hydrazone groups is 1. The predicted molar refractivity (Wildman–Crippen MR) is 96.8 cm³/mol. The van der Waals surface area contributed by atoms with Crippen LogP contribution in [0.2, 0.25) is 0 Å². The molecule has 0 bridgehead atoms. The minimum Gasteiger partial charge on any atom is -0.326 e. The molecule has 0 aliphatic carbocycles. The van der Waals surface area contributed by atoms with Gasteiger partial charge >= 0.3 is 0 Å². The van der Waals surface area contributed by atoms with E-state index >= 15 is 0 Å². The second-order valence-electron chi connectivity index (χ2n) is 6.11. The monoisotopic (exact) mass is 343 g/mol. The Labute approximate surface area is 142 Å². The van der Waals surface area contributed by atoms with E-state index in [1.165, 1.54) is 11.8 Å². The Morgan fingerprint density at radius 2 is 1.75 bits per heavy atom. The molecule has 1 unspecified atom stereocenters. The fourth-order valence-corrected chi connectivity index (χ4v) is 3.51. The molecule has 126 valence electrons. The number of sulfone groups is 1. The minimum atomic E-state index is -3.19. The van der Waals surface area contributed by atoms with Gasteiger partial charge < -0.3 is 5.73 Å². The van der Waals surface area contributed by atoms with Crippen molar-refractivity contribution in [3.05, 3.63) is 59.7 Å². The van der Waals surface area contributed by atoms with Crippen molar-refractivity contribution in [1.82, 2.24) is 0 Å². The smallest absolute Gasteiger partial charge is 0.175 e. The first-order chi connectivity index (χ1) is 11.4. The third kappa shape index (κ3) is 3.34. The highest BCUT2D eigenvalue weighted by molar-refractivity contribution is 7.90. The van der Waals surface area contributed by atoms with Gasteiger partial charge in [-0.3, -0.25) is 5.01 Å². The van der Waals surface area contributed by atoms with Crippen molar-refractivity contribution in [3.63, 3.8) is 0 Å². The van der Waals surface area contributed by atoms with Crippen LogP contribution < -0.4 is 10.7 Å². The van der Waals surface area contributed by atoms with Gasteiger partial charge in [0.15, 0.2) is 9.84 Å². The first-order valence-corrected chi connectivity index (χ1v) is 9.70. The predicted octanol–water partition coefficient (Wildman–Crippen LogP) is 2.88. The Hall–Kier alpha value is -2.18. The highest BCUT2D eigenvalue weighted by Crippen LogP contribution is 2.35. The molecule has 6 heteroatoms. The van der Waals surface area contributed by atoms with E-state index in [0.29, 0.717) is 11.4 Å². The van der Waals surface area contributed by atoms with Crippen molar-refractivity contribution >= 4 is 21.2 Å². The van der Waals surface area contributed by atoms with Crippen molar-refractivity contribution in [1.29, 1.82) is 0 Å². The van der Waals surface area contributed by atoms with Crippen LogP contribution >= 0.6 is 0 Å². The number of benzene rings is 2. The summed E-state index contributed by atoms with van der Waals surface area (Å²) in [4.78, 5) is 0.315. The van der Waals surface area contributed by atoms with Gasteiger partial charge in [0, 0.05) is 24.9 Å². The van der Waals surface area contributed by atoms with E-state index in [1.54, 1.807) is 24.3 Å². The van der Waals surface area contributed by atoms with Gasteiger partial charge in [-0.2, -0.15) is 5.10 Å². The van der Waals surface area contributed by atoms with Crippen LogP contribution in [0.3, 0.4) is 0 Å². The third-order valence-corrected chi connectivity index (χ3v) is 5.32. The van der Waals surface area contributed by atoms with Crippen LogP contribution in [0, 0.1) is 0 Å². The van der Waals surface area contributed by atoms with Crippen LogP contribution in [0.4, 0.5) is 5.69 Å². The summed E-state index contributed by atoms with van der Waals surface area (Å²) in [7, 11) is -3.19. The lowest BCUT2D eigenvalue weighted by molar-refractivity contribution is 0.602. The zero-order chi connectivity index (χ0) is 17.3. The Morgan fingerprint density at radius 3 is 2.29 bits per heavy atom. The van der Waals surface area contributed by atoms with Crippen molar-refractivity contribution in [2.75, 3.05) is 11.3 Å². The number of hydrogen-bond donors (Lipinski definition) is 1. The molecule has 0 saturated carbocycles. The van der Waals surface area contributed by atoms with E-state index in [9.17, 15) is 8.42 Å². The Bertz CT molecular complexity index is 856. The lowest BCUT2D eigenvalue weighted by Crippen LogP contribution is -2.18. The second kappa shape index (κ2) is 6.37. The fraction of sp³-hybridized carbons (Fsp3) is 0.278. The SMILES string of the molecule is CC1=NN(c2ccc(S(C)(=O)=O)cc2)C(c2ccc(CN)cc2)C1. The Kier molecular flexibility index (Phi) is 4.43. The first kappa shape index (κ1) is 16.7. The average Bonchev–Trinajstić information content (AvgIpc) is 2.96. The molecule has 24 heavy (non-hydrogen) atoms. The molecule has 0 aromatic heterocycles. The highest BCUT2D eigenvalue weighted by Gasteiger charge is 2.27. The number of nitrogens with two attached hydrogens (primary N) is 1. The summed E-state index contributed by atoms with van der Waals surface area (Å²) < 4.78 is 23.2. The van der Waals surface area contributed by atoms with Gasteiger partial charge in [0.25, 0.3) is 0 Å². The van der Waals surface area contributed by atoms with Gasteiger partial charge in [-0.15, -0.1) is 0 Å². The van der Waals surface area contributed by atoms with Gasteiger partial charge in [-0.1, -0.05) is 24.3 Å². The standard InChI is InChI=1S/C18H21N3O2S/c1-13-11-18(15-5-3-14(12-19)4-6-15)21(20-13)16-7-9-17(10-8-16)24(2,22)23/h3-10,18H,11-12,19H2,1-2H3. The lowest BCUT2D eigenvalue weighted by Gasteiger charge is -2.24. The van der Waals surface area contributed by atoms with E-state index in [0.717, 1.165) is 23.4 Å². The van der Waals surface area contributed by atoms with Gasteiger partial charge in [-0.25, -0.2) is 8.42 Å². The average molecular weight is 343 g/mol. The number of hydrogen-bond acceptors (Lipinski definition) is 5. The summed E-state index contributed by atoms with van der Waals surface area (Å²) in [5, 5.41) is 6.58. The zero-order valence-corrected chi connectivity index (χ0v) is 14.6. The molecule has 5 nitrogen and oxygen atoms in total. The molecule has 2 aromatic carbocycles. The van der Waals surface area contributed by atoms with Gasteiger partial charge in [-0.05, 0) is 42.3 Å². The summed E-state index contributed by atoms with van der Waals surface area (Å²) in [5.41, 5.74) is 9.86. The van der Waals surface area contributed by atoms with E-state index in [-0.39, 0.29) is 6.04 Å². The number of nitrogens with zero attached hydrogens (tertiary/aromatic N) is 2. The largest absolute Gasteiger partial charge is 0.326 e. The molecule has 0 fully saturated rings. The lowest BCUT2D eigenvalue weighted by atomic mass is 10.0. The van der Waals surface area contributed by atoms with Crippen LogP contribution in [-0.4, -0.2) is 20.4 Å². The molecule has 2 aromatic rings. The normalized spacial score (nSPS) is 17.9. The van der Waals surface area contributed by atoms with Crippen molar-refractivity contribution < 1.29 is 8.42 Å². The quantitative estimate of drug-likeness (QED) is 0.926. The van der Waals surface area contributed by atoms with Gasteiger partial charge in [0.05, 0.1) is 16.6 Å². The van der Waals surface area contributed by atoms with Crippen LogP contribution in [0.5, 0.6) is 0 Å². The Morgan fingerprint density at radius 1 is 1.12 bits per heavy atom. The van der Waals surface area contributed by atoms with Crippen molar-refractivity contribution in [2.45, 2.75) is 30.8 Å². The van der Waals surface area contributed by atoms with Crippen LogP contribution in [-0.2, 0) is 16.4 Å². The summed E-state index contributed by atoms with van der Waals surface area (Å²) in [6.07, 6.45) is 2.05. The highest BCUT2D eigenvalue weighted by atomic mass is 32.2. The molecular formula is C18H21N3O2S. The topological polar surface area (TPSA) is 75.8 Å². The molecule has 0 spiro atoms. The third-order valence-electron chi connectivity index (χ3n) is 4.19. The maximum Gasteiger partial charge on any atom is 0.175 e. The molecule has 2 N–H and O–H groups in total. The van der Waals surface area contributed by atoms with E-state index in [2.05, 4.69) is 17.2 Å². The molecule has 1 aliphatic rings. The van der Waals surface area contributed by atoms with Crippen molar-refractivity contribution in [3.8, 4) is 0 Å². The fourth-order valence-electron chi connectivity index (χ4n) is 2.88. The second-order valence-corrected chi connectivity index (χ2v) is 8.13. The first-order valence-electron chi connectivity index (χ1n) is 7.81. The molecule has 0 amide bonds. The molecule has 0 radical (unpaired) electrons. The maximum absolute atomic E-state index is 11.6. The van der Waals surface area contributed by atoms with E-state index in [1.807, 2.05) is 24.1 Å². The van der Waals surface area contributed by atoms with Gasteiger partial charge in [0.2, 0.25) is 0 Å². The maximum atomic E-state index is 11.6.